The van der Waals surface area contributed by atoms with E-state index in [1.807, 2.05) is 6.92 Å². The zero-order chi connectivity index (χ0) is 24.9. The molecule has 0 spiro atoms. The molecule has 34 heavy (non-hydrogen) atoms. The number of rotatable bonds is 10. The van der Waals surface area contributed by atoms with Gasteiger partial charge in [0.25, 0.3) is 0 Å². The van der Waals surface area contributed by atoms with Crippen LogP contribution in [0.4, 0.5) is 9.05 Å². The number of hydrogen-bond donors (Lipinski definition) is 1. The molecule has 8 nitrogen and oxygen atoms in total. The molecule has 0 atom stereocenters. The van der Waals surface area contributed by atoms with Crippen molar-refractivity contribution in [1.29, 1.82) is 0 Å². The number of methoxy groups -OCH3 is 1. The van der Waals surface area contributed by atoms with Crippen LogP contribution in [-0.2, 0) is 37.9 Å². The van der Waals surface area contributed by atoms with Crippen molar-refractivity contribution in [3.05, 3.63) is 79.8 Å². The van der Waals surface area contributed by atoms with E-state index in [0.717, 1.165) is 17.7 Å². The van der Waals surface area contributed by atoms with Gasteiger partial charge in [-0.05, 0) is 44.8 Å². The van der Waals surface area contributed by atoms with E-state index in [1.165, 1.54) is 13.2 Å². The molecule has 0 saturated heterocycles. The van der Waals surface area contributed by atoms with Crippen molar-refractivity contribution in [3.63, 3.8) is 0 Å². The Morgan fingerprint density at radius 1 is 1.15 bits per heavy atom. The topological polar surface area (TPSA) is 99.6 Å². The lowest BCUT2D eigenvalue weighted by atomic mass is 10.0. The van der Waals surface area contributed by atoms with Crippen molar-refractivity contribution < 1.29 is 32.6 Å². The third kappa shape index (κ3) is 5.72. The zero-order valence-electron chi connectivity index (χ0n) is 18.3. The fourth-order valence-corrected chi connectivity index (χ4v) is 5.18. The molecule has 2 aromatic carbocycles. The number of nitrogens with one attached hydrogen (secondary N) is 1. The van der Waals surface area contributed by atoms with Gasteiger partial charge >= 0.3 is 19.3 Å². The van der Waals surface area contributed by atoms with E-state index >= 15 is 0 Å². The number of aromatic nitrogens is 2. The summed E-state index contributed by atoms with van der Waals surface area (Å²) in [6, 6.07) is 11.6. The first-order valence-corrected chi connectivity index (χ1v) is 12.7. The second-order valence-corrected chi connectivity index (χ2v) is 10.2. The minimum Gasteiger partial charge on any atom is -0.465 e. The first-order chi connectivity index (χ1) is 16.2. The van der Waals surface area contributed by atoms with Crippen LogP contribution in [0.1, 0.15) is 40.5 Å². The van der Waals surface area contributed by atoms with Crippen molar-refractivity contribution in [2.45, 2.75) is 32.5 Å². The van der Waals surface area contributed by atoms with Gasteiger partial charge in [-0.2, -0.15) is 0 Å². The van der Waals surface area contributed by atoms with Gasteiger partial charge in [0.2, 0.25) is 0 Å². The number of carbonyl (C=O) groups excluding carboxylic acids is 1. The molecule has 3 aromatic rings. The average molecular weight is 559 g/mol. The number of aryl methyl sites for hydroxylation is 1. The SMILES string of the molecule is CCCc1[nH]c(=O)n(Cc2ccc(CP(=O)(OF)OF)c(Br)c2)c1-c1ccc(C(=O)OC)cc1. The highest BCUT2D eigenvalue weighted by Crippen LogP contribution is 2.53. The fraction of sp³-hybridized carbons (Fsp3) is 0.273. The molecule has 0 unspecified atom stereocenters. The Bertz CT molecular complexity index is 1270. The van der Waals surface area contributed by atoms with Crippen molar-refractivity contribution in [2.24, 2.45) is 0 Å². The molecule has 12 heteroatoms. The summed E-state index contributed by atoms with van der Waals surface area (Å²) in [6.07, 6.45) is 0.824. The summed E-state index contributed by atoms with van der Waals surface area (Å²) in [5.41, 5.74) is 3.26. The van der Waals surface area contributed by atoms with Gasteiger partial charge in [-0.1, -0.05) is 53.5 Å². The van der Waals surface area contributed by atoms with E-state index in [1.54, 1.807) is 41.0 Å². The number of aromatic amines is 1. The highest BCUT2D eigenvalue weighted by Gasteiger charge is 2.29. The zero-order valence-corrected chi connectivity index (χ0v) is 20.8. The number of imidazole rings is 1. The van der Waals surface area contributed by atoms with E-state index < -0.39 is 19.7 Å². The summed E-state index contributed by atoms with van der Waals surface area (Å²) in [4.78, 5) is 27.5. The lowest BCUT2D eigenvalue weighted by Crippen LogP contribution is -2.18. The molecule has 0 bridgehead atoms. The van der Waals surface area contributed by atoms with Gasteiger partial charge in [0.1, 0.15) is 0 Å². The third-order valence-electron chi connectivity index (χ3n) is 5.17. The van der Waals surface area contributed by atoms with E-state index in [2.05, 4.69) is 30.4 Å². The first-order valence-electron chi connectivity index (χ1n) is 10.2. The van der Waals surface area contributed by atoms with E-state index in [0.29, 0.717) is 33.3 Å². The maximum absolute atomic E-state index is 12.8. The predicted octanol–water partition coefficient (Wildman–Crippen LogP) is 5.89. The quantitative estimate of drug-likeness (QED) is 0.246. The molecule has 0 saturated carbocycles. The van der Waals surface area contributed by atoms with Crippen LogP contribution >= 0.6 is 23.5 Å². The maximum atomic E-state index is 12.8. The van der Waals surface area contributed by atoms with Crippen LogP contribution in [0.2, 0.25) is 0 Å². The smallest absolute Gasteiger partial charge is 0.399 e. The van der Waals surface area contributed by atoms with Crippen LogP contribution < -0.4 is 5.69 Å². The van der Waals surface area contributed by atoms with Crippen molar-refractivity contribution in [2.75, 3.05) is 7.11 Å². The van der Waals surface area contributed by atoms with Crippen LogP contribution in [0.25, 0.3) is 11.3 Å². The standard InChI is InChI=1S/C22H22BrF2N2O6P/c1-3-4-19-20(15-7-9-16(10-8-15)21(28)31-2)27(22(29)26-19)12-14-5-6-17(18(23)11-14)13-34(30,32-24)33-25/h5-11H,3-4,12-13H2,1-2H3,(H,26,29). The van der Waals surface area contributed by atoms with Crippen LogP contribution in [0, 0.1) is 0 Å². The Kier molecular flexibility index (Phi) is 8.59. The van der Waals surface area contributed by atoms with Crippen molar-refractivity contribution in [1.82, 2.24) is 9.55 Å². The summed E-state index contributed by atoms with van der Waals surface area (Å²) >= 11 is 3.30. The molecule has 1 N–H and O–H groups in total. The molecule has 0 aliphatic heterocycles. The van der Waals surface area contributed by atoms with Crippen LogP contribution in [0.5, 0.6) is 0 Å². The van der Waals surface area contributed by atoms with Crippen molar-refractivity contribution in [3.8, 4) is 11.3 Å². The number of ether oxygens (including phenoxy) is 1. The van der Waals surface area contributed by atoms with Crippen molar-refractivity contribution >= 4 is 29.5 Å². The Morgan fingerprint density at radius 3 is 2.38 bits per heavy atom. The molecule has 1 heterocycles. The largest absolute Gasteiger partial charge is 0.465 e. The number of hydrogen-bond acceptors (Lipinski definition) is 6. The van der Waals surface area contributed by atoms with Crippen LogP contribution in [-0.4, -0.2) is 22.6 Å². The normalized spacial score (nSPS) is 11.6. The van der Waals surface area contributed by atoms with E-state index in [-0.39, 0.29) is 12.2 Å². The monoisotopic (exact) mass is 558 g/mol. The summed E-state index contributed by atoms with van der Waals surface area (Å²) < 4.78 is 49.6. The molecular formula is C22H22BrF2N2O6P. The molecule has 1 aromatic heterocycles. The summed E-state index contributed by atoms with van der Waals surface area (Å²) in [7, 11) is -3.24. The highest BCUT2D eigenvalue weighted by molar-refractivity contribution is 9.10. The van der Waals surface area contributed by atoms with Gasteiger partial charge < -0.3 is 9.72 Å². The Labute approximate surface area is 202 Å². The Balaban J connectivity index is 1.98. The minimum absolute atomic E-state index is 0.183. The number of benzene rings is 2. The van der Waals surface area contributed by atoms with Gasteiger partial charge in [-0.15, -0.1) is 9.46 Å². The summed E-state index contributed by atoms with van der Waals surface area (Å²) in [5, 5.41) is 0. The first kappa shape index (κ1) is 26.0. The number of H-pyrrole nitrogens is 1. The third-order valence-corrected chi connectivity index (χ3v) is 7.06. The van der Waals surface area contributed by atoms with E-state index in [9.17, 15) is 23.2 Å². The van der Waals surface area contributed by atoms with Crippen LogP contribution in [0.15, 0.2) is 51.7 Å². The fourth-order valence-electron chi connectivity index (χ4n) is 3.58. The number of carbonyl (C=O) groups is 1. The molecular weight excluding hydrogens is 537 g/mol. The molecule has 0 aliphatic rings. The van der Waals surface area contributed by atoms with Gasteiger partial charge in [-0.3, -0.25) is 9.13 Å². The van der Waals surface area contributed by atoms with Gasteiger partial charge in [-0.25, -0.2) is 9.59 Å². The molecule has 3 rings (SSSR count). The second-order valence-electron chi connectivity index (χ2n) is 7.50. The average Bonchev–Trinajstić information content (AvgIpc) is 3.14. The molecule has 0 aliphatic carbocycles. The van der Waals surface area contributed by atoms with Gasteiger partial charge in [0, 0.05) is 15.7 Å². The Hall–Kier alpha value is -2.59. The van der Waals surface area contributed by atoms with Gasteiger partial charge in [0.05, 0.1) is 31.1 Å². The number of halogens is 3. The molecule has 0 radical (unpaired) electrons. The van der Waals surface area contributed by atoms with Gasteiger partial charge in [0.15, 0.2) is 0 Å². The second kappa shape index (κ2) is 11.2. The molecule has 0 fully saturated rings. The predicted molar refractivity (Wildman–Crippen MR) is 125 cm³/mol. The van der Waals surface area contributed by atoms with Crippen LogP contribution in [0.3, 0.4) is 0 Å². The summed E-state index contributed by atoms with van der Waals surface area (Å²) in [6.45, 7) is 2.18. The summed E-state index contributed by atoms with van der Waals surface area (Å²) in [5.74, 6) is -0.461. The lowest BCUT2D eigenvalue weighted by Gasteiger charge is -2.13. The molecule has 182 valence electrons. The Morgan fingerprint density at radius 2 is 1.82 bits per heavy atom. The number of nitrogens with zero attached hydrogens (tertiary/aromatic N) is 1. The maximum Gasteiger partial charge on any atom is 0.399 e. The molecule has 0 amide bonds. The number of esters is 1. The van der Waals surface area contributed by atoms with E-state index in [4.69, 9.17) is 4.74 Å². The lowest BCUT2D eigenvalue weighted by molar-refractivity contribution is -0.0881. The minimum atomic E-state index is -4.54. The highest BCUT2D eigenvalue weighted by atomic mass is 79.9.